The Morgan fingerprint density at radius 3 is 2.25 bits per heavy atom. The Morgan fingerprint density at radius 1 is 1.44 bits per heavy atom. The van der Waals surface area contributed by atoms with Gasteiger partial charge in [-0.3, -0.25) is 4.79 Å². The van der Waals surface area contributed by atoms with Gasteiger partial charge in [0.25, 0.3) is 0 Å². The summed E-state index contributed by atoms with van der Waals surface area (Å²) in [5.41, 5.74) is 0. The van der Waals surface area contributed by atoms with Crippen molar-refractivity contribution >= 4 is 17.8 Å². The van der Waals surface area contributed by atoms with E-state index in [9.17, 15) is 27.6 Å². The highest BCUT2D eigenvalue weighted by Crippen LogP contribution is 2.19. The van der Waals surface area contributed by atoms with Crippen molar-refractivity contribution in [3.05, 3.63) is 0 Å². The van der Waals surface area contributed by atoms with Crippen LogP contribution in [0, 0.1) is 0 Å². The minimum atomic E-state index is -5.06. The normalized spacial score (nSPS) is 20.8. The molecule has 0 spiro atoms. The van der Waals surface area contributed by atoms with E-state index in [1.165, 1.54) is 9.68 Å². The molecule has 1 amide bonds. The third-order valence-corrected chi connectivity index (χ3v) is 1.86. The number of rotatable bonds is 1. The summed E-state index contributed by atoms with van der Waals surface area (Å²) in [6, 6.07) is -1.44. The zero-order valence-electron chi connectivity index (χ0n) is 7.93. The number of cyclic esters (lactones) is 2. The first kappa shape index (κ1) is 14.7. The standard InChI is InChI=1S/C7H6F3NO4.ClH/c1-15-4(12)2-3(5(15)13)11-6(14)7(8,9)10;/h3H,2H2,1H3;1H/t3-;/m0./s1. The highest BCUT2D eigenvalue weighted by atomic mass is 35.5. The van der Waals surface area contributed by atoms with Gasteiger partial charge in [0.2, 0.25) is 0 Å². The Bertz CT molecular complexity index is 330. The summed E-state index contributed by atoms with van der Waals surface area (Å²) in [4.78, 5) is 32.4. The molecule has 1 saturated heterocycles. The van der Waals surface area contributed by atoms with Crippen molar-refractivity contribution in [1.82, 2.24) is 5.32 Å². The fourth-order valence-corrected chi connectivity index (χ4v) is 1.05. The van der Waals surface area contributed by atoms with Crippen LogP contribution in [0.15, 0.2) is 0 Å². The van der Waals surface area contributed by atoms with Crippen LogP contribution in [-0.4, -0.2) is 37.2 Å². The lowest BCUT2D eigenvalue weighted by Crippen LogP contribution is -3.00. The number of carbonyl (C=O) groups is 3. The summed E-state index contributed by atoms with van der Waals surface area (Å²) in [5.74, 6) is -3.85. The lowest BCUT2D eigenvalue weighted by molar-refractivity contribution is -0.183. The number of hydrogen-bond donors (Lipinski definition) is 1. The maximum absolute atomic E-state index is 11.8. The predicted molar refractivity (Wildman–Crippen MR) is 39.6 cm³/mol. The predicted octanol–water partition coefficient (Wildman–Crippen LogP) is -3.32. The first-order valence-electron chi connectivity index (χ1n) is 3.83. The molecule has 0 aromatic rings. The summed E-state index contributed by atoms with van der Waals surface area (Å²) >= 11 is 0. The number of nitrogens with one attached hydrogen (secondary N) is 1. The zero-order valence-corrected chi connectivity index (χ0v) is 8.69. The lowest BCUT2D eigenvalue weighted by Gasteiger charge is -2.10. The van der Waals surface area contributed by atoms with Crippen molar-refractivity contribution in [3.63, 3.8) is 0 Å². The van der Waals surface area contributed by atoms with E-state index in [0.717, 1.165) is 7.11 Å². The highest BCUT2D eigenvalue weighted by molar-refractivity contribution is 6.01. The van der Waals surface area contributed by atoms with Gasteiger partial charge in [-0.2, -0.15) is 13.2 Å². The van der Waals surface area contributed by atoms with Crippen LogP contribution in [0.5, 0.6) is 0 Å². The number of carbonyl (C=O) groups excluding carboxylic acids is 3. The van der Waals surface area contributed by atoms with Gasteiger partial charge in [0.05, 0.1) is 7.11 Å². The summed E-state index contributed by atoms with van der Waals surface area (Å²) in [7, 11) is 1.06. The van der Waals surface area contributed by atoms with Crippen LogP contribution in [0.2, 0.25) is 0 Å². The molecule has 1 atom stereocenters. The van der Waals surface area contributed by atoms with Gasteiger partial charge in [0.15, 0.2) is 6.04 Å². The molecule has 0 radical (unpaired) electrons. The molecule has 0 saturated carbocycles. The van der Waals surface area contributed by atoms with E-state index in [1.807, 2.05) is 0 Å². The average Bonchev–Trinajstić information content (AvgIpc) is 2.32. The molecular weight excluding hydrogens is 255 g/mol. The smallest absolute Gasteiger partial charge is 0.471 e. The van der Waals surface area contributed by atoms with Crippen LogP contribution in [0.1, 0.15) is 6.42 Å². The van der Waals surface area contributed by atoms with Crippen LogP contribution in [0.25, 0.3) is 0 Å². The molecule has 5 nitrogen and oxygen atoms in total. The molecule has 0 aliphatic carbocycles. The maximum atomic E-state index is 11.8. The molecule has 1 N–H and O–H groups in total. The number of hydrogen-bond acceptors (Lipinski definition) is 3. The van der Waals surface area contributed by atoms with Crippen molar-refractivity contribution in [2.45, 2.75) is 18.6 Å². The van der Waals surface area contributed by atoms with Crippen LogP contribution in [0.4, 0.5) is 13.2 Å². The molecule has 1 rings (SSSR count). The van der Waals surface area contributed by atoms with Crippen LogP contribution >= 0.6 is 0 Å². The second kappa shape index (κ2) is 4.69. The van der Waals surface area contributed by atoms with Crippen molar-refractivity contribution in [2.24, 2.45) is 0 Å². The van der Waals surface area contributed by atoms with Gasteiger partial charge in [-0.05, 0) is 0 Å². The van der Waals surface area contributed by atoms with Gasteiger partial charge in [0.1, 0.15) is 6.42 Å². The molecule has 16 heavy (non-hydrogen) atoms. The summed E-state index contributed by atoms with van der Waals surface area (Å²) in [6.07, 6.45) is -5.53. The molecule has 1 aliphatic heterocycles. The van der Waals surface area contributed by atoms with Gasteiger partial charge in [-0.25, -0.2) is 0 Å². The summed E-state index contributed by atoms with van der Waals surface area (Å²) in [6.45, 7) is 0. The molecule has 0 aromatic heterocycles. The molecule has 1 aliphatic rings. The maximum Gasteiger partial charge on any atom is 0.471 e. The fourth-order valence-electron chi connectivity index (χ4n) is 1.05. The Labute approximate surface area is 94.0 Å². The molecule has 9 heteroatoms. The summed E-state index contributed by atoms with van der Waals surface area (Å²) < 4.78 is 36.9. The van der Waals surface area contributed by atoms with Gasteiger partial charge < -0.3 is 22.1 Å². The lowest BCUT2D eigenvalue weighted by atomic mass is 10.2. The van der Waals surface area contributed by atoms with E-state index in [-0.39, 0.29) is 12.4 Å². The SMILES string of the molecule is C[O+]1C(=O)C[C@H](NC(=O)C(F)(F)F)C1=O.[Cl-]. The third-order valence-electron chi connectivity index (χ3n) is 1.86. The van der Waals surface area contributed by atoms with E-state index < -0.39 is 36.5 Å². The Hall–Kier alpha value is -1.31. The van der Waals surface area contributed by atoms with Gasteiger partial charge >= 0.3 is 24.0 Å². The van der Waals surface area contributed by atoms with E-state index in [1.54, 1.807) is 0 Å². The van der Waals surface area contributed by atoms with Gasteiger partial charge in [-0.15, -0.1) is 0 Å². The quantitative estimate of drug-likeness (QED) is 0.305. The largest absolute Gasteiger partial charge is 1.00 e. The second-order valence-electron chi connectivity index (χ2n) is 2.93. The topological polar surface area (TPSA) is 65.9 Å². The molecule has 0 unspecified atom stereocenters. The minimum absolute atomic E-state index is 0. The highest BCUT2D eigenvalue weighted by Gasteiger charge is 2.49. The first-order chi connectivity index (χ1) is 6.73. The second-order valence-corrected chi connectivity index (χ2v) is 2.93. The number of halogens is 4. The van der Waals surface area contributed by atoms with Crippen LogP contribution in [-0.2, 0) is 18.8 Å². The van der Waals surface area contributed by atoms with Crippen molar-refractivity contribution in [2.75, 3.05) is 7.11 Å². The van der Waals surface area contributed by atoms with Gasteiger partial charge in [-0.1, -0.05) is 9.59 Å². The average molecular weight is 262 g/mol. The van der Waals surface area contributed by atoms with E-state index >= 15 is 0 Å². The van der Waals surface area contributed by atoms with E-state index in [2.05, 4.69) is 0 Å². The molecule has 1 heterocycles. The van der Waals surface area contributed by atoms with E-state index in [0.29, 0.717) is 0 Å². The van der Waals surface area contributed by atoms with Crippen LogP contribution in [0.3, 0.4) is 0 Å². The number of alkyl halides is 3. The zero-order chi connectivity index (χ0) is 11.8. The number of amides is 1. The molecular formula is C7H7ClF3NO4. The summed E-state index contributed by atoms with van der Waals surface area (Å²) in [5, 5.41) is 1.43. The Balaban J connectivity index is 0.00000225. The molecule has 0 bridgehead atoms. The Morgan fingerprint density at radius 2 is 1.94 bits per heavy atom. The fraction of sp³-hybridized carbons (Fsp3) is 0.571. The third kappa shape index (κ3) is 2.84. The monoisotopic (exact) mass is 261 g/mol. The first-order valence-corrected chi connectivity index (χ1v) is 3.83. The van der Waals surface area contributed by atoms with Gasteiger partial charge in [0, 0.05) is 0 Å². The van der Waals surface area contributed by atoms with Crippen molar-refractivity contribution in [1.29, 1.82) is 0 Å². The van der Waals surface area contributed by atoms with Crippen LogP contribution < -0.4 is 17.7 Å². The minimum Gasteiger partial charge on any atom is -1.00 e. The Kier molecular flexibility index (Phi) is 4.30. The van der Waals surface area contributed by atoms with E-state index in [4.69, 9.17) is 0 Å². The molecule has 1 fully saturated rings. The van der Waals surface area contributed by atoms with Crippen molar-refractivity contribution in [3.8, 4) is 0 Å². The molecule has 0 aromatic carbocycles. The molecule has 92 valence electrons. The van der Waals surface area contributed by atoms with Crippen molar-refractivity contribution < 1.29 is 44.3 Å².